The monoisotopic (exact) mass is 483 g/mol. The van der Waals surface area contributed by atoms with Gasteiger partial charge in [-0.1, -0.05) is 46.6 Å². The Morgan fingerprint density at radius 3 is 2.52 bits per heavy atom. The van der Waals surface area contributed by atoms with E-state index >= 15 is 0 Å². The number of hydrogen-bond donors (Lipinski definition) is 2. The number of halogens is 2. The minimum atomic E-state index is -3.49. The van der Waals surface area contributed by atoms with Crippen molar-refractivity contribution >= 4 is 50.7 Å². The third kappa shape index (κ3) is 5.69. The Morgan fingerprint density at radius 1 is 1.16 bits per heavy atom. The summed E-state index contributed by atoms with van der Waals surface area (Å²) in [5.74, 6) is 0.243. The summed E-state index contributed by atoms with van der Waals surface area (Å²) < 4.78 is 36.0. The van der Waals surface area contributed by atoms with Crippen LogP contribution in [0.5, 0.6) is 0 Å². The van der Waals surface area contributed by atoms with E-state index in [2.05, 4.69) is 15.2 Å². The van der Waals surface area contributed by atoms with E-state index in [0.717, 1.165) is 6.26 Å². The number of ether oxygens (including phenoxy) is 1. The molecule has 31 heavy (non-hydrogen) atoms. The molecule has 0 aliphatic rings. The third-order valence-corrected chi connectivity index (χ3v) is 5.49. The first-order chi connectivity index (χ1) is 14.5. The number of carbonyl (C=O) groups is 1. The quantitative estimate of drug-likeness (QED) is 0.469. The van der Waals surface area contributed by atoms with E-state index in [-0.39, 0.29) is 16.5 Å². The lowest BCUT2D eigenvalue weighted by Crippen LogP contribution is -2.17. The van der Waals surface area contributed by atoms with Crippen molar-refractivity contribution in [3.63, 3.8) is 0 Å². The largest absolute Gasteiger partial charge is 0.441 e. The van der Waals surface area contributed by atoms with Gasteiger partial charge in [-0.05, 0) is 38.1 Å². The van der Waals surface area contributed by atoms with E-state index in [1.807, 2.05) is 0 Å². The highest BCUT2D eigenvalue weighted by Crippen LogP contribution is 2.35. The fourth-order valence-electron chi connectivity index (χ4n) is 2.81. The molecule has 0 aliphatic carbocycles. The van der Waals surface area contributed by atoms with Crippen molar-refractivity contribution in [3.8, 4) is 11.3 Å². The van der Waals surface area contributed by atoms with Crippen LogP contribution in [-0.4, -0.2) is 25.9 Å². The summed E-state index contributed by atoms with van der Waals surface area (Å²) in [6.45, 7) is 3.36. The first-order valence-electron chi connectivity index (χ1n) is 9.01. The minimum Gasteiger partial charge on any atom is -0.441 e. The van der Waals surface area contributed by atoms with Gasteiger partial charge in [0.2, 0.25) is 10.0 Å². The topological polar surface area (TPSA) is 111 Å². The zero-order valence-corrected chi connectivity index (χ0v) is 19.1. The van der Waals surface area contributed by atoms with E-state index < -0.39 is 22.2 Å². The number of nitrogens with zero attached hydrogens (tertiary/aromatic N) is 1. The number of carbonyl (C=O) groups excluding carboxylic acids is 1. The van der Waals surface area contributed by atoms with Crippen molar-refractivity contribution in [2.24, 2.45) is 0 Å². The first kappa shape index (κ1) is 22.9. The lowest BCUT2D eigenvalue weighted by atomic mass is 10.1. The Labute approximate surface area is 189 Å². The molecule has 8 nitrogen and oxygen atoms in total. The number of aromatic nitrogens is 1. The molecular formula is C20H19Cl2N3O5S. The summed E-state index contributed by atoms with van der Waals surface area (Å²) in [5, 5.41) is 7.16. The Morgan fingerprint density at radius 2 is 1.87 bits per heavy atom. The van der Waals surface area contributed by atoms with Crippen LogP contribution in [0.25, 0.3) is 11.3 Å². The predicted molar refractivity (Wildman–Crippen MR) is 120 cm³/mol. The Balaban J connectivity index is 1.80. The van der Waals surface area contributed by atoms with Crippen molar-refractivity contribution in [2.45, 2.75) is 20.0 Å². The van der Waals surface area contributed by atoms with Crippen LogP contribution >= 0.6 is 23.2 Å². The van der Waals surface area contributed by atoms with Crippen LogP contribution in [0, 0.1) is 6.92 Å². The molecule has 164 valence electrons. The van der Waals surface area contributed by atoms with Crippen molar-refractivity contribution in [2.75, 3.05) is 16.3 Å². The van der Waals surface area contributed by atoms with Gasteiger partial charge in [0, 0.05) is 16.1 Å². The summed E-state index contributed by atoms with van der Waals surface area (Å²) in [4.78, 5) is 12.5. The highest BCUT2D eigenvalue weighted by Gasteiger charge is 2.21. The second-order valence-corrected chi connectivity index (χ2v) is 9.30. The van der Waals surface area contributed by atoms with Crippen LogP contribution < -0.4 is 10.0 Å². The number of amides is 1. The molecular weight excluding hydrogens is 465 g/mol. The van der Waals surface area contributed by atoms with Gasteiger partial charge in [-0.15, -0.1) is 0 Å². The predicted octanol–water partition coefficient (Wildman–Crippen LogP) is 5.64. The molecule has 0 bridgehead atoms. The van der Waals surface area contributed by atoms with E-state index in [1.54, 1.807) is 44.2 Å². The zero-order valence-electron chi connectivity index (χ0n) is 16.8. The summed E-state index contributed by atoms with van der Waals surface area (Å²) >= 11 is 12.3. The first-order valence-corrected chi connectivity index (χ1v) is 11.7. The fraction of sp³-hybridized carbons (Fsp3) is 0.200. The van der Waals surface area contributed by atoms with Gasteiger partial charge < -0.3 is 9.26 Å². The minimum absolute atomic E-state index is 0.151. The highest BCUT2D eigenvalue weighted by atomic mass is 35.5. The normalized spacial score (nSPS) is 12.3. The van der Waals surface area contributed by atoms with Crippen LogP contribution in [0.3, 0.4) is 0 Å². The molecule has 0 fully saturated rings. The van der Waals surface area contributed by atoms with Crippen molar-refractivity contribution in [1.29, 1.82) is 0 Å². The highest BCUT2D eigenvalue weighted by molar-refractivity contribution is 7.92. The van der Waals surface area contributed by atoms with Gasteiger partial charge in [-0.2, -0.15) is 0 Å². The van der Waals surface area contributed by atoms with E-state index in [1.165, 1.54) is 12.1 Å². The molecule has 2 aromatic carbocycles. The maximum absolute atomic E-state index is 12.5. The molecule has 1 unspecified atom stereocenters. The second-order valence-electron chi connectivity index (χ2n) is 6.74. The number of aryl methyl sites for hydroxylation is 1. The molecule has 1 heterocycles. The molecule has 0 spiro atoms. The standard InChI is InChI=1S/C20H19Cl2N3O5S/c1-11-18(23-20(26)29-12(2)14-6-4-5-7-15(14)21)19(30-24-11)13-8-9-17(16(22)10-13)25-31(3,27)28/h4-10,12,25H,1-3H3,(H,23,26). The van der Waals surface area contributed by atoms with Crippen LogP contribution in [0.15, 0.2) is 47.0 Å². The van der Waals surface area contributed by atoms with Gasteiger partial charge >= 0.3 is 6.09 Å². The van der Waals surface area contributed by atoms with Gasteiger partial charge in [-0.3, -0.25) is 10.0 Å². The summed E-state index contributed by atoms with van der Waals surface area (Å²) in [5.41, 5.74) is 2.09. The number of hydrogen-bond acceptors (Lipinski definition) is 6. The van der Waals surface area contributed by atoms with Crippen LogP contribution in [0.1, 0.15) is 24.3 Å². The Bertz CT molecular complexity index is 1230. The number of anilines is 2. The van der Waals surface area contributed by atoms with Gasteiger partial charge in [0.05, 0.1) is 17.0 Å². The van der Waals surface area contributed by atoms with Gasteiger partial charge in [0.25, 0.3) is 0 Å². The molecule has 0 aliphatic heterocycles. The van der Waals surface area contributed by atoms with E-state index in [9.17, 15) is 13.2 Å². The summed E-state index contributed by atoms with van der Waals surface area (Å²) in [6, 6.07) is 11.6. The zero-order chi connectivity index (χ0) is 22.8. The van der Waals surface area contributed by atoms with Gasteiger partial charge in [0.1, 0.15) is 17.5 Å². The molecule has 0 saturated carbocycles. The molecule has 0 saturated heterocycles. The number of nitrogens with one attached hydrogen (secondary N) is 2. The smallest absolute Gasteiger partial charge is 0.412 e. The molecule has 11 heteroatoms. The maximum atomic E-state index is 12.5. The molecule has 1 atom stereocenters. The molecule has 3 aromatic rings. The third-order valence-electron chi connectivity index (χ3n) is 4.24. The lowest BCUT2D eigenvalue weighted by molar-refractivity contribution is 0.121. The van der Waals surface area contributed by atoms with Crippen molar-refractivity contribution in [3.05, 3.63) is 63.8 Å². The molecule has 1 aromatic heterocycles. The van der Waals surface area contributed by atoms with E-state index in [4.69, 9.17) is 32.5 Å². The fourth-order valence-corrected chi connectivity index (χ4v) is 3.96. The van der Waals surface area contributed by atoms with Crippen LogP contribution in [0.4, 0.5) is 16.2 Å². The van der Waals surface area contributed by atoms with Crippen molar-refractivity contribution in [1.82, 2.24) is 5.16 Å². The van der Waals surface area contributed by atoms with Crippen LogP contribution in [0.2, 0.25) is 10.0 Å². The van der Waals surface area contributed by atoms with Gasteiger partial charge in [0.15, 0.2) is 5.76 Å². The van der Waals surface area contributed by atoms with E-state index in [0.29, 0.717) is 27.5 Å². The van der Waals surface area contributed by atoms with Gasteiger partial charge in [-0.25, -0.2) is 13.2 Å². The number of benzene rings is 2. The molecule has 3 rings (SSSR count). The lowest BCUT2D eigenvalue weighted by Gasteiger charge is -2.15. The average molecular weight is 484 g/mol. The number of sulfonamides is 1. The Kier molecular flexibility index (Phi) is 6.78. The van der Waals surface area contributed by atoms with Crippen molar-refractivity contribution < 1.29 is 22.5 Å². The summed E-state index contributed by atoms with van der Waals surface area (Å²) in [7, 11) is -3.49. The van der Waals surface area contributed by atoms with Crippen LogP contribution in [-0.2, 0) is 14.8 Å². The molecule has 2 N–H and O–H groups in total. The molecule has 0 radical (unpaired) electrons. The number of rotatable bonds is 6. The SMILES string of the molecule is Cc1noc(-c2ccc(NS(C)(=O)=O)c(Cl)c2)c1NC(=O)OC(C)c1ccccc1Cl. The average Bonchev–Trinajstić information content (AvgIpc) is 3.03. The second kappa shape index (κ2) is 9.17. The maximum Gasteiger partial charge on any atom is 0.412 e. The summed E-state index contributed by atoms with van der Waals surface area (Å²) in [6.07, 6.45) is -0.288. The Hall–Kier alpha value is -2.75. The molecule has 1 amide bonds.